The van der Waals surface area contributed by atoms with Crippen LogP contribution in [0.1, 0.15) is 32.6 Å². The first-order valence-corrected chi connectivity index (χ1v) is 8.78. The van der Waals surface area contributed by atoms with E-state index in [1.165, 1.54) is 19.3 Å². The number of amides is 1. The van der Waals surface area contributed by atoms with Crippen molar-refractivity contribution in [3.8, 4) is 5.75 Å². The molecule has 128 valence electrons. The van der Waals surface area contributed by atoms with Gasteiger partial charge in [0, 0.05) is 17.6 Å². The molecule has 0 saturated heterocycles. The molecule has 0 heterocycles. The fourth-order valence-corrected chi connectivity index (χ4v) is 3.16. The number of ether oxygens (including phenoxy) is 1. The molecule has 1 saturated carbocycles. The molecule has 0 spiro atoms. The van der Waals surface area contributed by atoms with Gasteiger partial charge in [0.05, 0.1) is 6.54 Å². The Hall–Kier alpha value is -1.26. The highest BCUT2D eigenvalue weighted by atomic mass is 35.5. The fraction of sp³-hybridized carbons (Fsp3) is 0.611. The van der Waals surface area contributed by atoms with E-state index in [1.807, 2.05) is 30.1 Å². The molecule has 1 N–H and O–H groups in total. The number of carbonyl (C=O) groups is 1. The first kappa shape index (κ1) is 18.1. The van der Waals surface area contributed by atoms with Crippen molar-refractivity contribution < 1.29 is 9.53 Å². The lowest BCUT2D eigenvalue weighted by Gasteiger charge is -2.30. The maximum absolute atomic E-state index is 12.1. The number of hydrogen-bond acceptors (Lipinski definition) is 3. The molecule has 23 heavy (non-hydrogen) atoms. The van der Waals surface area contributed by atoms with Crippen LogP contribution in [0.5, 0.6) is 5.75 Å². The van der Waals surface area contributed by atoms with E-state index in [0.29, 0.717) is 36.7 Å². The lowest BCUT2D eigenvalue weighted by Crippen LogP contribution is -2.45. The highest BCUT2D eigenvalue weighted by Crippen LogP contribution is 2.23. The van der Waals surface area contributed by atoms with Gasteiger partial charge in [-0.2, -0.15) is 0 Å². The normalized spacial score (nSPS) is 21.2. The molecular formula is C18H27ClN2O2. The van der Waals surface area contributed by atoms with Crippen molar-refractivity contribution in [1.29, 1.82) is 0 Å². The van der Waals surface area contributed by atoms with Crippen molar-refractivity contribution in [2.24, 2.45) is 5.92 Å². The minimum atomic E-state index is 0.106. The summed E-state index contributed by atoms with van der Waals surface area (Å²) >= 11 is 5.92. The number of hydrogen-bond donors (Lipinski definition) is 1. The van der Waals surface area contributed by atoms with Gasteiger partial charge < -0.3 is 10.1 Å². The molecule has 1 amide bonds. The Morgan fingerprint density at radius 1 is 1.39 bits per heavy atom. The van der Waals surface area contributed by atoms with Gasteiger partial charge in [0.2, 0.25) is 5.91 Å². The van der Waals surface area contributed by atoms with E-state index in [9.17, 15) is 4.79 Å². The van der Waals surface area contributed by atoms with E-state index in [0.717, 1.165) is 12.2 Å². The van der Waals surface area contributed by atoms with Crippen molar-refractivity contribution in [3.63, 3.8) is 0 Å². The van der Waals surface area contributed by atoms with E-state index in [4.69, 9.17) is 16.3 Å². The zero-order valence-corrected chi connectivity index (χ0v) is 14.8. The largest absolute Gasteiger partial charge is 0.492 e. The van der Waals surface area contributed by atoms with Crippen molar-refractivity contribution >= 4 is 17.5 Å². The third-order valence-corrected chi connectivity index (χ3v) is 4.64. The molecule has 2 rings (SSSR count). The summed E-state index contributed by atoms with van der Waals surface area (Å²) in [5.74, 6) is 1.45. The number of halogens is 1. The third-order valence-electron chi connectivity index (χ3n) is 4.41. The van der Waals surface area contributed by atoms with E-state index in [2.05, 4.69) is 12.2 Å². The number of carbonyl (C=O) groups excluding carboxylic acids is 1. The molecule has 0 radical (unpaired) electrons. The zero-order chi connectivity index (χ0) is 16.7. The predicted octanol–water partition coefficient (Wildman–Crippen LogP) is 3.35. The summed E-state index contributed by atoms with van der Waals surface area (Å²) in [6.07, 6.45) is 4.83. The van der Waals surface area contributed by atoms with Crippen LogP contribution in [0, 0.1) is 5.92 Å². The summed E-state index contributed by atoms with van der Waals surface area (Å²) in [5.41, 5.74) is 0. The van der Waals surface area contributed by atoms with Gasteiger partial charge in [-0.25, -0.2) is 0 Å². The van der Waals surface area contributed by atoms with Crippen LogP contribution in [0.2, 0.25) is 5.02 Å². The van der Waals surface area contributed by atoms with Crippen molar-refractivity contribution in [3.05, 3.63) is 29.3 Å². The summed E-state index contributed by atoms with van der Waals surface area (Å²) < 4.78 is 5.65. The molecule has 1 fully saturated rings. The van der Waals surface area contributed by atoms with Gasteiger partial charge in [-0.3, -0.25) is 9.69 Å². The van der Waals surface area contributed by atoms with Crippen molar-refractivity contribution in [2.75, 3.05) is 26.7 Å². The Balaban J connectivity index is 1.65. The van der Waals surface area contributed by atoms with Gasteiger partial charge >= 0.3 is 0 Å². The zero-order valence-electron chi connectivity index (χ0n) is 14.1. The first-order chi connectivity index (χ1) is 11.0. The second-order valence-electron chi connectivity index (χ2n) is 6.48. The van der Waals surface area contributed by atoms with Gasteiger partial charge in [-0.15, -0.1) is 0 Å². The molecule has 1 aliphatic carbocycles. The van der Waals surface area contributed by atoms with Crippen LogP contribution < -0.4 is 10.1 Å². The van der Waals surface area contributed by atoms with Gasteiger partial charge in [-0.1, -0.05) is 37.4 Å². The molecule has 0 aromatic heterocycles. The summed E-state index contributed by atoms with van der Waals surface area (Å²) in [7, 11) is 1.94. The lowest BCUT2D eigenvalue weighted by molar-refractivity contribution is -0.123. The van der Waals surface area contributed by atoms with Gasteiger partial charge in [0.15, 0.2) is 0 Å². The summed E-state index contributed by atoms with van der Waals surface area (Å²) in [6, 6.07) is 7.69. The van der Waals surface area contributed by atoms with Crippen LogP contribution >= 0.6 is 11.6 Å². The Labute approximate surface area is 144 Å². The monoisotopic (exact) mass is 338 g/mol. The third kappa shape index (κ3) is 6.40. The maximum Gasteiger partial charge on any atom is 0.234 e. The van der Waals surface area contributed by atoms with Crippen LogP contribution in [-0.2, 0) is 4.79 Å². The quantitative estimate of drug-likeness (QED) is 0.829. The van der Waals surface area contributed by atoms with Crippen molar-refractivity contribution in [2.45, 2.75) is 38.6 Å². The fourth-order valence-electron chi connectivity index (χ4n) is 2.98. The Morgan fingerprint density at radius 2 is 2.17 bits per heavy atom. The summed E-state index contributed by atoms with van der Waals surface area (Å²) in [5, 5.41) is 3.84. The molecule has 4 nitrogen and oxygen atoms in total. The molecule has 5 heteroatoms. The topological polar surface area (TPSA) is 41.6 Å². The lowest BCUT2D eigenvalue weighted by atomic mass is 9.86. The van der Waals surface area contributed by atoms with Gasteiger partial charge in [0.25, 0.3) is 0 Å². The number of likely N-dealkylation sites (N-methyl/N-ethyl adjacent to an activating group) is 1. The summed E-state index contributed by atoms with van der Waals surface area (Å²) in [6.45, 7) is 3.86. The van der Waals surface area contributed by atoms with E-state index < -0.39 is 0 Å². The Kier molecular flexibility index (Phi) is 7.18. The van der Waals surface area contributed by atoms with E-state index in [1.54, 1.807) is 6.07 Å². The molecule has 2 atom stereocenters. The molecule has 0 unspecified atom stereocenters. The number of rotatable bonds is 7. The van der Waals surface area contributed by atoms with Gasteiger partial charge in [0.1, 0.15) is 12.4 Å². The Bertz CT molecular complexity index is 510. The molecular weight excluding hydrogens is 312 g/mol. The number of benzene rings is 1. The number of nitrogens with zero attached hydrogens (tertiary/aromatic N) is 1. The summed E-state index contributed by atoms with van der Waals surface area (Å²) in [4.78, 5) is 14.1. The van der Waals surface area contributed by atoms with Crippen LogP contribution in [-0.4, -0.2) is 43.6 Å². The molecule has 0 aliphatic heterocycles. The minimum absolute atomic E-state index is 0.106. The van der Waals surface area contributed by atoms with Crippen LogP contribution in [0.15, 0.2) is 24.3 Å². The standard InChI is InChI=1S/C18H27ClN2O2/c1-14-6-3-4-9-17(14)20-18(22)13-21(2)10-11-23-16-8-5-7-15(19)12-16/h5,7-8,12,14,17H,3-4,6,9-11,13H2,1-2H3,(H,20,22)/t14-,17-/m1/s1. The number of nitrogens with one attached hydrogen (secondary N) is 1. The minimum Gasteiger partial charge on any atom is -0.492 e. The molecule has 1 aliphatic rings. The second-order valence-corrected chi connectivity index (χ2v) is 6.92. The Morgan fingerprint density at radius 3 is 2.91 bits per heavy atom. The van der Waals surface area contributed by atoms with Crippen LogP contribution in [0.3, 0.4) is 0 Å². The van der Waals surface area contributed by atoms with E-state index >= 15 is 0 Å². The predicted molar refractivity (Wildman–Crippen MR) is 94.0 cm³/mol. The maximum atomic E-state index is 12.1. The molecule has 1 aromatic rings. The highest BCUT2D eigenvalue weighted by molar-refractivity contribution is 6.30. The smallest absolute Gasteiger partial charge is 0.234 e. The van der Waals surface area contributed by atoms with Crippen LogP contribution in [0.25, 0.3) is 0 Å². The van der Waals surface area contributed by atoms with E-state index in [-0.39, 0.29) is 5.91 Å². The highest BCUT2D eigenvalue weighted by Gasteiger charge is 2.22. The molecule has 0 bridgehead atoms. The SMILES string of the molecule is C[C@@H]1CCCC[C@H]1NC(=O)CN(C)CCOc1cccc(Cl)c1. The van der Waals surface area contributed by atoms with Gasteiger partial charge in [-0.05, 0) is 44.0 Å². The average molecular weight is 339 g/mol. The van der Waals surface area contributed by atoms with Crippen molar-refractivity contribution in [1.82, 2.24) is 10.2 Å². The first-order valence-electron chi connectivity index (χ1n) is 8.41. The molecule has 1 aromatic carbocycles. The van der Waals surface area contributed by atoms with Crippen LogP contribution in [0.4, 0.5) is 0 Å². The average Bonchev–Trinajstić information content (AvgIpc) is 2.49. The second kappa shape index (κ2) is 9.14.